The summed E-state index contributed by atoms with van der Waals surface area (Å²) in [6.45, 7) is 5.26. The van der Waals surface area contributed by atoms with Gasteiger partial charge in [0.25, 0.3) is 0 Å². The molecule has 0 spiro atoms. The van der Waals surface area contributed by atoms with Crippen LogP contribution in [0.3, 0.4) is 0 Å². The van der Waals surface area contributed by atoms with E-state index in [0.717, 1.165) is 12.1 Å². The summed E-state index contributed by atoms with van der Waals surface area (Å²) in [6.07, 6.45) is 4.00. The summed E-state index contributed by atoms with van der Waals surface area (Å²) in [5, 5.41) is 9.01. The van der Waals surface area contributed by atoms with E-state index in [1.807, 2.05) is 18.5 Å². The molecule has 1 aromatic carbocycles. The molecule has 0 saturated heterocycles. The molecule has 0 bridgehead atoms. The zero-order valence-electron chi connectivity index (χ0n) is 9.77. The molecule has 1 aromatic heterocycles. The van der Waals surface area contributed by atoms with Crippen molar-refractivity contribution in [2.45, 2.75) is 27.0 Å². The zero-order chi connectivity index (χ0) is 11.5. The van der Waals surface area contributed by atoms with Crippen molar-refractivity contribution >= 4 is 0 Å². The van der Waals surface area contributed by atoms with Gasteiger partial charge < -0.3 is 9.67 Å². The number of hydrogen-bond donors (Lipinski definition) is 1. The fourth-order valence-corrected chi connectivity index (χ4v) is 1.96. The van der Waals surface area contributed by atoms with Gasteiger partial charge in [0.05, 0.1) is 6.61 Å². The van der Waals surface area contributed by atoms with Gasteiger partial charge in [-0.1, -0.05) is 18.2 Å². The van der Waals surface area contributed by atoms with E-state index >= 15 is 0 Å². The molecule has 16 heavy (non-hydrogen) atoms. The third-order valence-electron chi connectivity index (χ3n) is 2.98. The van der Waals surface area contributed by atoms with Crippen LogP contribution in [0, 0.1) is 13.8 Å². The number of aliphatic hydroxyl groups excluding tert-OH is 1. The molecule has 0 saturated carbocycles. The number of nitrogens with zero attached hydrogens (tertiary/aromatic N) is 1. The second-order valence-electron chi connectivity index (χ2n) is 4.22. The van der Waals surface area contributed by atoms with Crippen LogP contribution in [0.1, 0.15) is 22.3 Å². The smallest absolute Gasteiger partial charge is 0.0696 e. The molecular weight excluding hydrogens is 198 g/mol. The largest absolute Gasteiger partial charge is 0.392 e. The Morgan fingerprint density at radius 3 is 2.38 bits per heavy atom. The van der Waals surface area contributed by atoms with Crippen molar-refractivity contribution in [1.82, 2.24) is 4.57 Å². The maximum absolute atomic E-state index is 9.01. The monoisotopic (exact) mass is 215 g/mol. The molecule has 1 heterocycles. The Kier molecular flexibility index (Phi) is 3.11. The second-order valence-corrected chi connectivity index (χ2v) is 4.22. The lowest BCUT2D eigenvalue weighted by Crippen LogP contribution is -2.01. The molecule has 2 rings (SSSR count). The molecule has 2 nitrogen and oxygen atoms in total. The van der Waals surface area contributed by atoms with E-state index in [1.165, 1.54) is 16.7 Å². The van der Waals surface area contributed by atoms with Gasteiger partial charge in [0.15, 0.2) is 0 Å². The van der Waals surface area contributed by atoms with Crippen LogP contribution in [0.4, 0.5) is 0 Å². The first-order valence-corrected chi connectivity index (χ1v) is 5.51. The van der Waals surface area contributed by atoms with Crippen LogP contribution in [0.2, 0.25) is 0 Å². The lowest BCUT2D eigenvalue weighted by atomic mass is 10.0. The summed E-state index contributed by atoms with van der Waals surface area (Å²) in [5.74, 6) is 0. The van der Waals surface area contributed by atoms with E-state index in [-0.39, 0.29) is 6.61 Å². The topological polar surface area (TPSA) is 25.2 Å². The lowest BCUT2D eigenvalue weighted by molar-refractivity contribution is 0.282. The predicted octanol–water partition coefficient (Wildman–Crippen LogP) is 2.65. The van der Waals surface area contributed by atoms with Gasteiger partial charge in [-0.3, -0.25) is 0 Å². The van der Waals surface area contributed by atoms with Gasteiger partial charge in [0, 0.05) is 18.9 Å². The third kappa shape index (κ3) is 2.17. The van der Waals surface area contributed by atoms with Gasteiger partial charge in [0.2, 0.25) is 0 Å². The van der Waals surface area contributed by atoms with Gasteiger partial charge in [-0.2, -0.15) is 0 Å². The Hall–Kier alpha value is -1.54. The SMILES string of the molecule is Cc1cccc(C)c1Cn1ccc(CO)c1. The highest BCUT2D eigenvalue weighted by molar-refractivity contribution is 5.33. The van der Waals surface area contributed by atoms with Gasteiger partial charge in [-0.15, -0.1) is 0 Å². The highest BCUT2D eigenvalue weighted by Crippen LogP contribution is 2.15. The predicted molar refractivity (Wildman–Crippen MR) is 65.4 cm³/mol. The third-order valence-corrected chi connectivity index (χ3v) is 2.98. The molecule has 0 aliphatic rings. The van der Waals surface area contributed by atoms with Crippen LogP contribution in [-0.4, -0.2) is 9.67 Å². The fourth-order valence-electron chi connectivity index (χ4n) is 1.96. The average molecular weight is 215 g/mol. The molecule has 2 aromatic rings. The first-order chi connectivity index (χ1) is 7.70. The average Bonchev–Trinajstić information content (AvgIpc) is 2.71. The van der Waals surface area contributed by atoms with E-state index in [2.05, 4.69) is 36.6 Å². The quantitative estimate of drug-likeness (QED) is 0.836. The van der Waals surface area contributed by atoms with Crippen molar-refractivity contribution in [2.24, 2.45) is 0 Å². The highest BCUT2D eigenvalue weighted by Gasteiger charge is 2.03. The van der Waals surface area contributed by atoms with E-state index in [1.54, 1.807) is 0 Å². The van der Waals surface area contributed by atoms with E-state index in [0.29, 0.717) is 0 Å². The van der Waals surface area contributed by atoms with Crippen molar-refractivity contribution in [3.8, 4) is 0 Å². The number of benzene rings is 1. The normalized spacial score (nSPS) is 10.7. The number of rotatable bonds is 3. The molecule has 84 valence electrons. The molecule has 0 amide bonds. The van der Waals surface area contributed by atoms with Gasteiger partial charge in [-0.25, -0.2) is 0 Å². The van der Waals surface area contributed by atoms with Crippen molar-refractivity contribution in [1.29, 1.82) is 0 Å². The van der Waals surface area contributed by atoms with E-state index in [9.17, 15) is 0 Å². The maximum Gasteiger partial charge on any atom is 0.0696 e. The molecule has 0 fully saturated rings. The van der Waals surface area contributed by atoms with Crippen LogP contribution in [0.25, 0.3) is 0 Å². The molecular formula is C14H17NO. The lowest BCUT2D eigenvalue weighted by Gasteiger charge is -2.10. The van der Waals surface area contributed by atoms with Crippen molar-refractivity contribution < 1.29 is 5.11 Å². The summed E-state index contributed by atoms with van der Waals surface area (Å²) in [5.41, 5.74) is 4.97. The number of aryl methyl sites for hydroxylation is 2. The highest BCUT2D eigenvalue weighted by atomic mass is 16.3. The number of hydrogen-bond acceptors (Lipinski definition) is 1. The van der Waals surface area contributed by atoms with Crippen LogP contribution in [0.15, 0.2) is 36.7 Å². The fraction of sp³-hybridized carbons (Fsp3) is 0.286. The van der Waals surface area contributed by atoms with Crippen LogP contribution < -0.4 is 0 Å². The first-order valence-electron chi connectivity index (χ1n) is 5.51. The van der Waals surface area contributed by atoms with Crippen LogP contribution >= 0.6 is 0 Å². The van der Waals surface area contributed by atoms with Gasteiger partial charge in [0.1, 0.15) is 0 Å². The van der Waals surface area contributed by atoms with Crippen molar-refractivity contribution in [2.75, 3.05) is 0 Å². The summed E-state index contributed by atoms with van der Waals surface area (Å²) in [6, 6.07) is 8.31. The van der Waals surface area contributed by atoms with Crippen molar-refractivity contribution in [3.63, 3.8) is 0 Å². The Labute approximate surface area is 96.2 Å². The molecule has 0 atom stereocenters. The van der Waals surface area contributed by atoms with Crippen molar-refractivity contribution in [3.05, 3.63) is 58.9 Å². The molecule has 0 unspecified atom stereocenters. The number of aromatic nitrogens is 1. The Morgan fingerprint density at radius 1 is 1.12 bits per heavy atom. The van der Waals surface area contributed by atoms with Crippen LogP contribution in [-0.2, 0) is 13.2 Å². The zero-order valence-corrected chi connectivity index (χ0v) is 9.77. The molecule has 0 radical (unpaired) electrons. The molecule has 1 N–H and O–H groups in total. The minimum atomic E-state index is 0.111. The Bertz CT molecular complexity index is 465. The van der Waals surface area contributed by atoms with Gasteiger partial charge >= 0.3 is 0 Å². The second kappa shape index (κ2) is 4.54. The van der Waals surface area contributed by atoms with Crippen LogP contribution in [0.5, 0.6) is 0 Å². The van der Waals surface area contributed by atoms with E-state index < -0.39 is 0 Å². The molecule has 0 aliphatic carbocycles. The maximum atomic E-state index is 9.01. The molecule has 2 heteroatoms. The number of aliphatic hydroxyl groups is 1. The minimum Gasteiger partial charge on any atom is -0.392 e. The summed E-state index contributed by atoms with van der Waals surface area (Å²) >= 11 is 0. The minimum absolute atomic E-state index is 0.111. The standard InChI is InChI=1S/C14H17NO/c1-11-4-3-5-12(2)14(11)9-15-7-6-13(8-15)10-16/h3-8,16H,9-10H2,1-2H3. The molecule has 0 aliphatic heterocycles. The Balaban J connectivity index is 2.26. The summed E-state index contributed by atoms with van der Waals surface area (Å²) in [4.78, 5) is 0. The Morgan fingerprint density at radius 2 is 1.81 bits per heavy atom. The summed E-state index contributed by atoms with van der Waals surface area (Å²) < 4.78 is 2.11. The van der Waals surface area contributed by atoms with Gasteiger partial charge in [-0.05, 0) is 42.2 Å². The van der Waals surface area contributed by atoms with E-state index in [4.69, 9.17) is 5.11 Å². The summed E-state index contributed by atoms with van der Waals surface area (Å²) in [7, 11) is 0. The first kappa shape index (κ1) is 11.0.